The van der Waals surface area contributed by atoms with E-state index in [2.05, 4.69) is 13.8 Å². The van der Waals surface area contributed by atoms with Crippen LogP contribution in [0.4, 0.5) is 0 Å². The molecule has 0 spiro atoms. The van der Waals surface area contributed by atoms with Gasteiger partial charge in [-0.25, -0.2) is 0 Å². The smallest absolute Gasteiger partial charge is 0.307 e. The van der Waals surface area contributed by atoms with Crippen molar-refractivity contribution >= 4 is 17.9 Å². The van der Waals surface area contributed by atoms with Crippen molar-refractivity contribution in [3.63, 3.8) is 0 Å². The summed E-state index contributed by atoms with van der Waals surface area (Å²) in [6.45, 7) is 11.1. The fraction of sp³-hybridized carbons (Fsp3) is 0.815. The summed E-state index contributed by atoms with van der Waals surface area (Å²) in [7, 11) is 0. The molecule has 0 aromatic carbocycles. The number of hydrogen-bond acceptors (Lipinski definition) is 6. The molecule has 0 aromatic rings. The van der Waals surface area contributed by atoms with Crippen molar-refractivity contribution < 1.29 is 28.6 Å². The first kappa shape index (κ1) is 24.3. The lowest BCUT2D eigenvalue weighted by molar-refractivity contribution is -0.154. The van der Waals surface area contributed by atoms with E-state index < -0.39 is 0 Å². The molecule has 3 fully saturated rings. The first-order chi connectivity index (χ1) is 15.5. The molecule has 0 bridgehead atoms. The Kier molecular flexibility index (Phi) is 6.43. The van der Waals surface area contributed by atoms with Gasteiger partial charge in [-0.05, 0) is 86.0 Å². The molecule has 6 nitrogen and oxygen atoms in total. The maximum atomic E-state index is 12.2. The summed E-state index contributed by atoms with van der Waals surface area (Å²) in [4.78, 5) is 35.4. The van der Waals surface area contributed by atoms with Crippen LogP contribution in [0.5, 0.6) is 0 Å². The molecule has 6 heteroatoms. The summed E-state index contributed by atoms with van der Waals surface area (Å²) in [5, 5.41) is 0. The van der Waals surface area contributed by atoms with E-state index in [1.807, 2.05) is 6.92 Å². The maximum absolute atomic E-state index is 12.2. The van der Waals surface area contributed by atoms with Crippen molar-refractivity contribution in [1.29, 1.82) is 0 Å². The number of ether oxygens (including phenoxy) is 3. The molecule has 4 aliphatic rings. The normalized spacial score (nSPS) is 40.7. The molecule has 184 valence electrons. The lowest BCUT2D eigenvalue weighted by atomic mass is 9.48. The fourth-order valence-electron chi connectivity index (χ4n) is 8.41. The van der Waals surface area contributed by atoms with Gasteiger partial charge in [0.2, 0.25) is 0 Å². The zero-order valence-electron chi connectivity index (χ0n) is 21.1. The van der Waals surface area contributed by atoms with Crippen molar-refractivity contribution in [2.45, 2.75) is 105 Å². The predicted octanol–water partition coefficient (Wildman–Crippen LogP) is 5.34. The van der Waals surface area contributed by atoms with Crippen molar-refractivity contribution in [3.05, 3.63) is 11.3 Å². The van der Waals surface area contributed by atoms with E-state index in [0.29, 0.717) is 17.8 Å². The minimum absolute atomic E-state index is 0.0100. The quantitative estimate of drug-likeness (QED) is 0.416. The summed E-state index contributed by atoms with van der Waals surface area (Å²) in [5.41, 5.74) is 1.26. The SMILES string of the molecule is CC(=O)OC1=C2[C@H](CC[C@H]3C[C@H](OC(C)=O)CC[C@]23C)[C@@H]2CC[C@H]([C@H](C)OC(C)=O)[C@@]2(C)C1. The molecule has 3 saturated carbocycles. The van der Waals surface area contributed by atoms with Crippen molar-refractivity contribution in [1.82, 2.24) is 0 Å². The van der Waals surface area contributed by atoms with Crippen LogP contribution in [0.2, 0.25) is 0 Å². The third-order valence-electron chi connectivity index (χ3n) is 9.57. The largest absolute Gasteiger partial charge is 0.463 e. The number of fused-ring (bicyclic) bond motifs is 5. The van der Waals surface area contributed by atoms with Crippen molar-refractivity contribution in [3.8, 4) is 0 Å². The second kappa shape index (κ2) is 8.74. The van der Waals surface area contributed by atoms with Crippen LogP contribution in [0.15, 0.2) is 11.3 Å². The fourth-order valence-corrected chi connectivity index (χ4v) is 8.41. The van der Waals surface area contributed by atoms with Crippen LogP contribution in [0, 0.1) is 34.5 Å². The van der Waals surface area contributed by atoms with Gasteiger partial charge in [0.05, 0.1) is 0 Å². The molecule has 0 aromatic heterocycles. The van der Waals surface area contributed by atoms with Crippen LogP contribution in [-0.2, 0) is 28.6 Å². The molecular weight excluding hydrogens is 420 g/mol. The van der Waals surface area contributed by atoms with Gasteiger partial charge in [0.25, 0.3) is 0 Å². The van der Waals surface area contributed by atoms with Crippen LogP contribution >= 0.6 is 0 Å². The second-order valence-corrected chi connectivity index (χ2v) is 11.5. The Bertz CT molecular complexity index is 861. The zero-order valence-corrected chi connectivity index (χ0v) is 21.1. The van der Waals surface area contributed by atoms with E-state index >= 15 is 0 Å². The van der Waals surface area contributed by atoms with Crippen molar-refractivity contribution in [2.75, 3.05) is 0 Å². The molecule has 0 radical (unpaired) electrons. The molecule has 0 unspecified atom stereocenters. The number of hydrogen-bond donors (Lipinski definition) is 0. The van der Waals surface area contributed by atoms with Gasteiger partial charge in [-0.3, -0.25) is 14.4 Å². The van der Waals surface area contributed by atoms with Gasteiger partial charge in [0.15, 0.2) is 0 Å². The topological polar surface area (TPSA) is 78.9 Å². The second-order valence-electron chi connectivity index (χ2n) is 11.5. The molecule has 0 N–H and O–H groups in total. The number of allylic oxidation sites excluding steroid dienone is 2. The van der Waals surface area contributed by atoms with Gasteiger partial charge in [0.1, 0.15) is 18.0 Å². The van der Waals surface area contributed by atoms with Crippen LogP contribution < -0.4 is 0 Å². The first-order valence-electron chi connectivity index (χ1n) is 12.7. The molecule has 0 amide bonds. The average Bonchev–Trinajstić information content (AvgIpc) is 3.03. The highest BCUT2D eigenvalue weighted by Crippen LogP contribution is 2.67. The van der Waals surface area contributed by atoms with Gasteiger partial charge in [-0.1, -0.05) is 13.8 Å². The number of rotatable bonds is 4. The third-order valence-corrected chi connectivity index (χ3v) is 9.57. The molecule has 4 rings (SSSR count). The highest BCUT2D eigenvalue weighted by molar-refractivity contribution is 5.68. The van der Waals surface area contributed by atoms with Gasteiger partial charge in [-0.2, -0.15) is 0 Å². The summed E-state index contributed by atoms with van der Waals surface area (Å²) >= 11 is 0. The van der Waals surface area contributed by atoms with E-state index in [9.17, 15) is 14.4 Å². The van der Waals surface area contributed by atoms with Crippen LogP contribution in [0.1, 0.15) is 92.9 Å². The van der Waals surface area contributed by atoms with Crippen LogP contribution in [-0.4, -0.2) is 30.1 Å². The van der Waals surface area contributed by atoms with Gasteiger partial charge >= 0.3 is 17.9 Å². The molecule has 0 heterocycles. The Labute approximate surface area is 197 Å². The molecule has 8 atom stereocenters. The van der Waals surface area contributed by atoms with Gasteiger partial charge < -0.3 is 14.2 Å². The highest BCUT2D eigenvalue weighted by Gasteiger charge is 2.61. The monoisotopic (exact) mass is 460 g/mol. The molecule has 33 heavy (non-hydrogen) atoms. The van der Waals surface area contributed by atoms with E-state index in [-0.39, 0.29) is 46.9 Å². The number of carbonyl (C=O) groups is 3. The number of esters is 3. The summed E-state index contributed by atoms with van der Waals surface area (Å²) in [5.74, 6) is 1.73. The predicted molar refractivity (Wildman–Crippen MR) is 123 cm³/mol. The Balaban J connectivity index is 1.70. The Hall–Kier alpha value is -1.85. The summed E-state index contributed by atoms with van der Waals surface area (Å²) < 4.78 is 17.2. The standard InChI is InChI=1S/C27H40O6/c1-15(31-16(2)28)22-9-10-23-21-8-7-19-13-20(32-17(3)29)11-12-26(19,5)25(21)24(33-18(4)30)14-27(22,23)6/h15,19-23H,7-14H2,1-6H3/t15-,19-,20+,21+,22+,23-,26-,27+/m0/s1. The molecule has 4 aliphatic carbocycles. The van der Waals surface area contributed by atoms with Crippen molar-refractivity contribution in [2.24, 2.45) is 34.5 Å². The Morgan fingerprint density at radius 1 is 0.939 bits per heavy atom. The van der Waals surface area contributed by atoms with E-state index in [1.165, 1.54) is 26.3 Å². The zero-order chi connectivity index (χ0) is 24.1. The maximum Gasteiger partial charge on any atom is 0.307 e. The molecular formula is C27H40O6. The average molecular weight is 461 g/mol. The Morgan fingerprint density at radius 2 is 1.67 bits per heavy atom. The molecule has 0 saturated heterocycles. The van der Waals surface area contributed by atoms with Gasteiger partial charge in [-0.15, -0.1) is 0 Å². The lowest BCUT2D eigenvalue weighted by Gasteiger charge is -2.57. The minimum atomic E-state index is -0.264. The van der Waals surface area contributed by atoms with E-state index in [0.717, 1.165) is 57.1 Å². The Morgan fingerprint density at radius 3 is 2.30 bits per heavy atom. The van der Waals surface area contributed by atoms with Crippen LogP contribution in [0.3, 0.4) is 0 Å². The van der Waals surface area contributed by atoms with E-state index in [4.69, 9.17) is 14.2 Å². The third kappa shape index (κ3) is 4.23. The van der Waals surface area contributed by atoms with Crippen LogP contribution in [0.25, 0.3) is 0 Å². The molecule has 0 aliphatic heterocycles. The summed E-state index contributed by atoms with van der Waals surface area (Å²) in [6, 6.07) is 0. The lowest BCUT2D eigenvalue weighted by Crippen LogP contribution is -2.51. The van der Waals surface area contributed by atoms with E-state index in [1.54, 1.807) is 0 Å². The summed E-state index contributed by atoms with van der Waals surface area (Å²) in [6.07, 6.45) is 7.56. The van der Waals surface area contributed by atoms with Gasteiger partial charge in [0, 0.05) is 33.1 Å². The highest BCUT2D eigenvalue weighted by atomic mass is 16.5. The number of carbonyl (C=O) groups excluding carboxylic acids is 3. The minimum Gasteiger partial charge on any atom is -0.463 e. The first-order valence-corrected chi connectivity index (χ1v) is 12.7.